The van der Waals surface area contributed by atoms with E-state index in [1.807, 2.05) is 0 Å². The first kappa shape index (κ1) is 9.98. The highest BCUT2D eigenvalue weighted by Crippen LogP contribution is 2.68. The SMILES string of the molecule is CC12CCC(C1)C(C)(C)C2(O)CC#N. The molecule has 0 radical (unpaired) electrons. The van der Waals surface area contributed by atoms with Gasteiger partial charge in [0.1, 0.15) is 0 Å². The fourth-order valence-corrected chi connectivity index (χ4v) is 3.90. The van der Waals surface area contributed by atoms with Crippen molar-refractivity contribution >= 4 is 0 Å². The van der Waals surface area contributed by atoms with Crippen LogP contribution in [0.5, 0.6) is 0 Å². The number of hydrogen-bond donors (Lipinski definition) is 1. The topological polar surface area (TPSA) is 44.0 Å². The van der Waals surface area contributed by atoms with Gasteiger partial charge < -0.3 is 5.11 Å². The maximum atomic E-state index is 10.7. The van der Waals surface area contributed by atoms with Crippen LogP contribution >= 0.6 is 0 Å². The van der Waals surface area contributed by atoms with Crippen molar-refractivity contribution in [3.63, 3.8) is 0 Å². The lowest BCUT2D eigenvalue weighted by Crippen LogP contribution is -2.53. The molecule has 0 aromatic rings. The second-order valence-electron chi connectivity index (χ2n) is 5.92. The molecule has 2 bridgehead atoms. The second kappa shape index (κ2) is 2.52. The average Bonchev–Trinajstić information content (AvgIpc) is 2.53. The van der Waals surface area contributed by atoms with Gasteiger partial charge in [-0.15, -0.1) is 0 Å². The van der Waals surface area contributed by atoms with Crippen molar-refractivity contribution in [2.45, 2.75) is 52.1 Å². The molecule has 2 saturated carbocycles. The van der Waals surface area contributed by atoms with E-state index in [2.05, 4.69) is 26.8 Å². The molecule has 2 fully saturated rings. The van der Waals surface area contributed by atoms with Gasteiger partial charge in [0.05, 0.1) is 18.1 Å². The summed E-state index contributed by atoms with van der Waals surface area (Å²) in [6.07, 6.45) is 3.68. The maximum Gasteiger partial charge on any atom is 0.0883 e. The zero-order valence-corrected chi connectivity index (χ0v) is 9.30. The Hall–Kier alpha value is -0.550. The highest BCUT2D eigenvalue weighted by molar-refractivity contribution is 5.19. The van der Waals surface area contributed by atoms with Crippen LogP contribution in [0.3, 0.4) is 0 Å². The molecule has 2 rings (SSSR count). The summed E-state index contributed by atoms with van der Waals surface area (Å²) in [6, 6.07) is 2.17. The van der Waals surface area contributed by atoms with Crippen molar-refractivity contribution in [2.75, 3.05) is 0 Å². The molecule has 14 heavy (non-hydrogen) atoms. The number of nitrogens with zero attached hydrogens (tertiary/aromatic N) is 1. The fourth-order valence-electron chi connectivity index (χ4n) is 3.90. The van der Waals surface area contributed by atoms with Gasteiger partial charge in [-0.25, -0.2) is 0 Å². The molecule has 0 heterocycles. The lowest BCUT2D eigenvalue weighted by Gasteiger charge is -2.49. The van der Waals surface area contributed by atoms with Crippen molar-refractivity contribution in [1.82, 2.24) is 0 Å². The molecule has 3 atom stereocenters. The lowest BCUT2D eigenvalue weighted by atomic mass is 9.59. The lowest BCUT2D eigenvalue weighted by molar-refractivity contribution is -0.138. The molecule has 0 saturated heterocycles. The van der Waals surface area contributed by atoms with Crippen LogP contribution in [0.1, 0.15) is 46.5 Å². The van der Waals surface area contributed by atoms with Crippen LogP contribution in [0.4, 0.5) is 0 Å². The molecule has 2 aliphatic rings. The van der Waals surface area contributed by atoms with Crippen LogP contribution in [0.2, 0.25) is 0 Å². The number of rotatable bonds is 1. The van der Waals surface area contributed by atoms with Gasteiger partial charge in [-0.3, -0.25) is 0 Å². The normalized spacial score (nSPS) is 49.2. The first-order valence-electron chi connectivity index (χ1n) is 5.47. The Kier molecular flexibility index (Phi) is 1.80. The molecule has 78 valence electrons. The highest BCUT2D eigenvalue weighted by atomic mass is 16.3. The smallest absolute Gasteiger partial charge is 0.0883 e. The standard InChI is InChI=1S/C12H19NO/c1-10(2)9-4-5-11(3,8-9)12(10,14)6-7-13/h9,14H,4-6,8H2,1-3H3. The van der Waals surface area contributed by atoms with Gasteiger partial charge in [-0.1, -0.05) is 20.8 Å². The molecular weight excluding hydrogens is 174 g/mol. The molecular formula is C12H19NO. The summed E-state index contributed by atoms with van der Waals surface area (Å²) >= 11 is 0. The fraction of sp³-hybridized carbons (Fsp3) is 0.917. The first-order valence-corrected chi connectivity index (χ1v) is 5.47. The van der Waals surface area contributed by atoms with Gasteiger partial charge in [-0.2, -0.15) is 5.26 Å². The predicted octanol–water partition coefficient (Wildman–Crippen LogP) is 2.48. The van der Waals surface area contributed by atoms with E-state index in [0.29, 0.717) is 5.92 Å². The molecule has 1 N–H and O–H groups in total. The van der Waals surface area contributed by atoms with Crippen LogP contribution in [-0.2, 0) is 0 Å². The summed E-state index contributed by atoms with van der Waals surface area (Å²) in [5, 5.41) is 19.6. The molecule has 2 nitrogen and oxygen atoms in total. The van der Waals surface area contributed by atoms with E-state index in [9.17, 15) is 5.11 Å². The first-order chi connectivity index (χ1) is 6.37. The zero-order chi connectivity index (χ0) is 10.6. The minimum absolute atomic E-state index is 0.0170. The van der Waals surface area contributed by atoms with Crippen molar-refractivity contribution in [3.05, 3.63) is 0 Å². The van der Waals surface area contributed by atoms with Crippen LogP contribution < -0.4 is 0 Å². The molecule has 3 unspecified atom stereocenters. The Labute approximate surface area is 85.9 Å². The van der Waals surface area contributed by atoms with Gasteiger partial charge in [0.2, 0.25) is 0 Å². The zero-order valence-electron chi connectivity index (χ0n) is 9.30. The predicted molar refractivity (Wildman–Crippen MR) is 54.4 cm³/mol. The number of fused-ring (bicyclic) bond motifs is 2. The second-order valence-corrected chi connectivity index (χ2v) is 5.92. The minimum atomic E-state index is -0.766. The van der Waals surface area contributed by atoms with Gasteiger partial charge in [0.25, 0.3) is 0 Å². The molecule has 2 heteroatoms. The largest absolute Gasteiger partial charge is 0.388 e. The number of nitriles is 1. The summed E-state index contributed by atoms with van der Waals surface area (Å²) < 4.78 is 0. The summed E-state index contributed by atoms with van der Waals surface area (Å²) in [5.41, 5.74) is -0.871. The van der Waals surface area contributed by atoms with Crippen molar-refractivity contribution in [1.29, 1.82) is 5.26 Å². The van der Waals surface area contributed by atoms with Crippen molar-refractivity contribution in [3.8, 4) is 6.07 Å². The highest BCUT2D eigenvalue weighted by Gasteiger charge is 2.68. The monoisotopic (exact) mass is 193 g/mol. The molecule has 2 aliphatic carbocycles. The van der Waals surface area contributed by atoms with Crippen molar-refractivity contribution < 1.29 is 5.11 Å². The van der Waals surface area contributed by atoms with Gasteiger partial charge >= 0.3 is 0 Å². The van der Waals surface area contributed by atoms with Gasteiger partial charge in [-0.05, 0) is 36.0 Å². The molecule has 0 amide bonds. The summed E-state index contributed by atoms with van der Waals surface area (Å²) in [7, 11) is 0. The van der Waals surface area contributed by atoms with E-state index in [0.717, 1.165) is 12.8 Å². The van der Waals surface area contributed by atoms with Crippen LogP contribution in [-0.4, -0.2) is 10.7 Å². The minimum Gasteiger partial charge on any atom is -0.388 e. The third-order valence-electron chi connectivity index (χ3n) is 5.16. The Morgan fingerprint density at radius 1 is 1.43 bits per heavy atom. The molecule has 0 aromatic carbocycles. The maximum absolute atomic E-state index is 10.7. The van der Waals surface area contributed by atoms with E-state index in [4.69, 9.17) is 5.26 Å². The van der Waals surface area contributed by atoms with Crippen LogP contribution in [0.15, 0.2) is 0 Å². The number of hydrogen-bond acceptors (Lipinski definition) is 2. The van der Waals surface area contributed by atoms with E-state index in [-0.39, 0.29) is 17.3 Å². The Morgan fingerprint density at radius 3 is 2.50 bits per heavy atom. The van der Waals surface area contributed by atoms with Crippen LogP contribution in [0, 0.1) is 28.1 Å². The number of aliphatic hydroxyl groups is 1. The summed E-state index contributed by atoms with van der Waals surface area (Å²) in [6.45, 7) is 6.40. The summed E-state index contributed by atoms with van der Waals surface area (Å²) in [5.74, 6) is 0.603. The third-order valence-corrected chi connectivity index (χ3v) is 5.16. The quantitative estimate of drug-likeness (QED) is 0.695. The van der Waals surface area contributed by atoms with Crippen molar-refractivity contribution in [2.24, 2.45) is 16.7 Å². The summed E-state index contributed by atoms with van der Waals surface area (Å²) in [4.78, 5) is 0. The Morgan fingerprint density at radius 2 is 2.07 bits per heavy atom. The van der Waals surface area contributed by atoms with E-state index in [1.54, 1.807) is 0 Å². The molecule has 0 aromatic heterocycles. The van der Waals surface area contributed by atoms with E-state index in [1.165, 1.54) is 6.42 Å². The molecule has 0 spiro atoms. The Bertz CT molecular complexity index is 297. The van der Waals surface area contributed by atoms with Gasteiger partial charge in [0.15, 0.2) is 0 Å². The van der Waals surface area contributed by atoms with E-state index >= 15 is 0 Å². The Balaban J connectivity index is 2.44. The third kappa shape index (κ3) is 0.846. The average molecular weight is 193 g/mol. The van der Waals surface area contributed by atoms with Crippen LogP contribution in [0.25, 0.3) is 0 Å². The molecule has 0 aliphatic heterocycles. The van der Waals surface area contributed by atoms with E-state index < -0.39 is 5.60 Å². The van der Waals surface area contributed by atoms with Gasteiger partial charge in [0, 0.05) is 0 Å².